The van der Waals surface area contributed by atoms with E-state index in [-0.39, 0.29) is 18.5 Å². The molecule has 0 spiro atoms. The van der Waals surface area contributed by atoms with Crippen LogP contribution in [0.15, 0.2) is 60.8 Å². The van der Waals surface area contributed by atoms with Crippen LogP contribution in [0.3, 0.4) is 0 Å². The highest BCUT2D eigenvalue weighted by Gasteiger charge is 2.44. The molecule has 1 heterocycles. The number of carbonyl (C=O) groups is 2. The van der Waals surface area contributed by atoms with Gasteiger partial charge in [0.2, 0.25) is 5.91 Å². The lowest BCUT2D eigenvalue weighted by Crippen LogP contribution is -2.60. The van der Waals surface area contributed by atoms with E-state index in [2.05, 4.69) is 67.8 Å². The third-order valence-electron chi connectivity index (χ3n) is 12.1. The minimum absolute atomic E-state index is 0.0446. The summed E-state index contributed by atoms with van der Waals surface area (Å²) in [6.07, 6.45) is 46.0. The first-order valence-corrected chi connectivity index (χ1v) is 26.6. The maximum absolute atomic E-state index is 12.9. The molecule has 1 rings (SSSR count). The minimum Gasteiger partial charge on any atom is -0.466 e. The van der Waals surface area contributed by atoms with Crippen molar-refractivity contribution in [2.45, 2.75) is 256 Å². The fourth-order valence-electron chi connectivity index (χ4n) is 7.77. The van der Waals surface area contributed by atoms with Gasteiger partial charge in [-0.15, -0.1) is 0 Å². The first-order valence-electron chi connectivity index (χ1n) is 26.6. The van der Waals surface area contributed by atoms with Crippen LogP contribution in [0.1, 0.15) is 213 Å². The normalized spacial score (nSPS) is 20.1. The van der Waals surface area contributed by atoms with E-state index in [9.17, 15) is 35.1 Å². The topological polar surface area (TPSA) is 175 Å². The van der Waals surface area contributed by atoms with Gasteiger partial charge < -0.3 is 45.1 Å². The Kier molecular flexibility index (Phi) is 41.7. The van der Waals surface area contributed by atoms with Crippen LogP contribution < -0.4 is 5.32 Å². The summed E-state index contributed by atoms with van der Waals surface area (Å²) in [4.78, 5) is 24.9. The second-order valence-corrected chi connectivity index (χ2v) is 18.2. The van der Waals surface area contributed by atoms with Crippen molar-refractivity contribution >= 4 is 11.9 Å². The van der Waals surface area contributed by atoms with E-state index < -0.39 is 49.5 Å². The number of carbonyl (C=O) groups excluding carboxylic acids is 2. The van der Waals surface area contributed by atoms with E-state index in [4.69, 9.17) is 14.2 Å². The molecule has 11 nitrogen and oxygen atoms in total. The number of allylic oxidation sites excluding steroid dienone is 9. The lowest BCUT2D eigenvalue weighted by Gasteiger charge is -2.40. The van der Waals surface area contributed by atoms with Gasteiger partial charge in [-0.25, -0.2) is 0 Å². The quantitative estimate of drug-likeness (QED) is 0.0196. The summed E-state index contributed by atoms with van der Waals surface area (Å²) in [5, 5.41) is 54.0. The molecule has 0 aromatic carbocycles. The first kappa shape index (κ1) is 61.4. The number of amides is 1. The zero-order valence-electron chi connectivity index (χ0n) is 41.6. The fraction of sp³-hybridized carbons (Fsp3) is 0.782. The molecule has 0 aromatic rings. The van der Waals surface area contributed by atoms with Crippen LogP contribution >= 0.6 is 0 Å². The molecule has 1 fully saturated rings. The number of hydrogen-bond donors (Lipinski definition) is 6. The van der Waals surface area contributed by atoms with E-state index in [1.807, 2.05) is 6.08 Å². The molecule has 1 saturated heterocycles. The van der Waals surface area contributed by atoms with E-state index in [0.717, 1.165) is 96.3 Å². The number of rotatable bonds is 44. The molecular formula is C55H97NO10. The monoisotopic (exact) mass is 932 g/mol. The molecule has 1 aliphatic heterocycles. The second-order valence-electron chi connectivity index (χ2n) is 18.2. The average molecular weight is 932 g/mol. The van der Waals surface area contributed by atoms with Crippen molar-refractivity contribution in [2.75, 3.05) is 19.8 Å². The highest BCUT2D eigenvalue weighted by atomic mass is 16.7. The Bertz CT molecular complexity index is 1280. The van der Waals surface area contributed by atoms with Crippen LogP contribution in [0.25, 0.3) is 0 Å². The third kappa shape index (κ3) is 34.6. The molecule has 11 heteroatoms. The van der Waals surface area contributed by atoms with Gasteiger partial charge in [0.25, 0.3) is 0 Å². The second kappa shape index (κ2) is 44.8. The van der Waals surface area contributed by atoms with Gasteiger partial charge in [0.05, 0.1) is 32.0 Å². The summed E-state index contributed by atoms with van der Waals surface area (Å²) in [5.41, 5.74) is 0. The van der Waals surface area contributed by atoms with Crippen LogP contribution in [-0.2, 0) is 23.8 Å². The van der Waals surface area contributed by atoms with Crippen molar-refractivity contribution in [1.82, 2.24) is 5.32 Å². The number of esters is 1. The Hall–Kier alpha value is -2.64. The number of aliphatic hydroxyl groups is 5. The predicted octanol–water partition coefficient (Wildman–Crippen LogP) is 11.1. The van der Waals surface area contributed by atoms with Crippen LogP contribution in [0.5, 0.6) is 0 Å². The molecule has 1 aliphatic rings. The number of hydrogen-bond acceptors (Lipinski definition) is 10. The van der Waals surface area contributed by atoms with E-state index in [1.165, 1.54) is 89.9 Å². The minimum atomic E-state index is -1.58. The largest absolute Gasteiger partial charge is 0.466 e. The molecule has 66 heavy (non-hydrogen) atoms. The Morgan fingerprint density at radius 1 is 0.561 bits per heavy atom. The number of unbranched alkanes of at least 4 members (excludes halogenated alkanes) is 22. The summed E-state index contributed by atoms with van der Waals surface area (Å²) in [6, 6.07) is -0.839. The van der Waals surface area contributed by atoms with Crippen molar-refractivity contribution in [3.05, 3.63) is 60.8 Å². The number of ether oxygens (including phenoxy) is 3. The van der Waals surface area contributed by atoms with Crippen molar-refractivity contribution in [3.8, 4) is 0 Å². The lowest BCUT2D eigenvalue weighted by molar-refractivity contribution is -0.302. The van der Waals surface area contributed by atoms with Gasteiger partial charge in [0, 0.05) is 12.8 Å². The van der Waals surface area contributed by atoms with Crippen molar-refractivity contribution in [1.29, 1.82) is 0 Å². The maximum Gasteiger partial charge on any atom is 0.305 e. The smallest absolute Gasteiger partial charge is 0.305 e. The maximum atomic E-state index is 12.9. The van der Waals surface area contributed by atoms with Crippen LogP contribution in [0.4, 0.5) is 0 Å². The molecule has 0 aliphatic carbocycles. The summed E-state index contributed by atoms with van der Waals surface area (Å²) >= 11 is 0. The van der Waals surface area contributed by atoms with Crippen LogP contribution in [0, 0.1) is 0 Å². The molecule has 7 unspecified atom stereocenters. The zero-order chi connectivity index (χ0) is 48.1. The third-order valence-corrected chi connectivity index (χ3v) is 12.1. The van der Waals surface area contributed by atoms with E-state index >= 15 is 0 Å². The van der Waals surface area contributed by atoms with Gasteiger partial charge in [0.1, 0.15) is 24.4 Å². The first-order chi connectivity index (χ1) is 32.2. The average Bonchev–Trinajstić information content (AvgIpc) is 3.31. The standard InChI is InChI=1S/C55H97NO10/c1-3-5-7-9-11-13-14-23-27-31-35-39-43-51(60)64-44-40-36-32-28-24-21-19-17-15-16-18-20-22-26-30-34-38-42-50(59)56-47(48(58)41-37-33-29-25-12-10-8-6-4-2)46-65-55-54(63)53(62)52(61)49(45-57)66-55/h11-13,15,17,21,24-25,37,41,47-49,52-55,57-58,61-63H,3-10,14,16,18-20,22-23,26-36,38-40,42-46H2,1-2H3,(H,56,59)/b13-11-,17-15-,24-21-,25-12+,41-37+. The Balaban J connectivity index is 2.14. The van der Waals surface area contributed by atoms with E-state index in [1.54, 1.807) is 6.08 Å². The molecule has 1 amide bonds. The summed E-state index contributed by atoms with van der Waals surface area (Å²) < 4.78 is 16.6. The predicted molar refractivity (Wildman–Crippen MR) is 269 cm³/mol. The van der Waals surface area contributed by atoms with Gasteiger partial charge >= 0.3 is 5.97 Å². The molecule has 6 N–H and O–H groups in total. The molecule has 0 bridgehead atoms. The van der Waals surface area contributed by atoms with Gasteiger partial charge in [-0.1, -0.05) is 152 Å². The van der Waals surface area contributed by atoms with Crippen molar-refractivity contribution in [3.63, 3.8) is 0 Å². The molecule has 382 valence electrons. The van der Waals surface area contributed by atoms with E-state index in [0.29, 0.717) is 19.4 Å². The van der Waals surface area contributed by atoms with Gasteiger partial charge in [-0.05, 0) is 109 Å². The van der Waals surface area contributed by atoms with Gasteiger partial charge in [0.15, 0.2) is 6.29 Å². The lowest BCUT2D eigenvalue weighted by atomic mass is 9.99. The van der Waals surface area contributed by atoms with Crippen molar-refractivity contribution in [2.24, 2.45) is 0 Å². The summed E-state index contributed by atoms with van der Waals surface area (Å²) in [6.45, 7) is 4.17. The van der Waals surface area contributed by atoms with Crippen LogP contribution in [-0.4, -0.2) is 100 Å². The number of nitrogens with one attached hydrogen (secondary N) is 1. The Morgan fingerprint density at radius 2 is 1.03 bits per heavy atom. The van der Waals surface area contributed by atoms with Gasteiger partial charge in [-0.2, -0.15) is 0 Å². The number of aliphatic hydroxyl groups excluding tert-OH is 5. The van der Waals surface area contributed by atoms with Crippen molar-refractivity contribution < 1.29 is 49.3 Å². The summed E-state index contributed by atoms with van der Waals surface area (Å²) in [5.74, 6) is -0.258. The fourth-order valence-corrected chi connectivity index (χ4v) is 7.77. The highest BCUT2D eigenvalue weighted by Crippen LogP contribution is 2.22. The molecule has 0 radical (unpaired) electrons. The van der Waals surface area contributed by atoms with Gasteiger partial charge in [-0.3, -0.25) is 9.59 Å². The highest BCUT2D eigenvalue weighted by molar-refractivity contribution is 5.76. The van der Waals surface area contributed by atoms with Crippen LogP contribution in [0.2, 0.25) is 0 Å². The molecule has 0 aromatic heterocycles. The summed E-state index contributed by atoms with van der Waals surface area (Å²) in [7, 11) is 0. The Morgan fingerprint density at radius 3 is 1.59 bits per heavy atom. The SMILES string of the molecule is CCCCC/C=C\CCCCCCCC(=O)OCCCCC/C=C\C/C=C\CCCCCCCCCC(=O)NC(COC1OC(CO)C(O)C(O)C1O)C(O)/C=C/CC/C=C/CCCCC. The molecule has 7 atom stereocenters. The molecule has 0 saturated carbocycles. The zero-order valence-corrected chi connectivity index (χ0v) is 41.6. The molecular weight excluding hydrogens is 835 g/mol. The Labute approximate surface area is 401 Å².